The van der Waals surface area contributed by atoms with E-state index in [0.29, 0.717) is 13.0 Å². The number of thioether (sulfide) groups is 1. The number of aryl methyl sites for hydroxylation is 1. The average Bonchev–Trinajstić information content (AvgIpc) is 2.35. The summed E-state index contributed by atoms with van der Waals surface area (Å²) in [7, 11) is 0. The first-order chi connectivity index (χ1) is 8.95. The van der Waals surface area contributed by atoms with Gasteiger partial charge in [0.1, 0.15) is 5.54 Å². The van der Waals surface area contributed by atoms with Gasteiger partial charge < -0.3 is 10.5 Å². The molecule has 0 heterocycles. The third-order valence-corrected chi connectivity index (χ3v) is 3.89. The number of nitrogens with two attached hydrogens (primary N) is 1. The molecule has 0 amide bonds. The smallest absolute Gasteiger partial charge is 0.325 e. The Balaban J connectivity index is 2.32. The summed E-state index contributed by atoms with van der Waals surface area (Å²) in [6.45, 7) is 5.99. The SMILES string of the molecule is CCOC(=O)C(C)(N)CCSCc1cccc(C)c1. The highest BCUT2D eigenvalue weighted by Crippen LogP contribution is 2.18. The lowest BCUT2D eigenvalue weighted by atomic mass is 10.0. The fraction of sp³-hybridized carbons (Fsp3) is 0.533. The van der Waals surface area contributed by atoms with Crippen LogP contribution in [0.5, 0.6) is 0 Å². The molecule has 2 N–H and O–H groups in total. The van der Waals surface area contributed by atoms with Crippen LogP contribution < -0.4 is 5.73 Å². The van der Waals surface area contributed by atoms with E-state index in [-0.39, 0.29) is 5.97 Å². The maximum absolute atomic E-state index is 11.6. The van der Waals surface area contributed by atoms with Crippen LogP contribution in [0.25, 0.3) is 0 Å². The topological polar surface area (TPSA) is 52.3 Å². The van der Waals surface area contributed by atoms with Gasteiger partial charge in [-0.05, 0) is 38.5 Å². The van der Waals surface area contributed by atoms with Gasteiger partial charge in [0.2, 0.25) is 0 Å². The molecule has 0 aliphatic carbocycles. The quantitative estimate of drug-likeness (QED) is 0.617. The minimum Gasteiger partial charge on any atom is -0.465 e. The maximum Gasteiger partial charge on any atom is 0.325 e. The minimum atomic E-state index is -0.879. The number of carbonyl (C=O) groups is 1. The maximum atomic E-state index is 11.6. The van der Waals surface area contributed by atoms with Crippen molar-refractivity contribution in [1.82, 2.24) is 0 Å². The van der Waals surface area contributed by atoms with Crippen LogP contribution >= 0.6 is 11.8 Å². The van der Waals surface area contributed by atoms with E-state index in [1.807, 2.05) is 0 Å². The first-order valence-corrected chi connectivity index (χ1v) is 7.70. The van der Waals surface area contributed by atoms with Crippen LogP contribution in [0, 0.1) is 6.92 Å². The Morgan fingerprint density at radius 2 is 2.21 bits per heavy atom. The Morgan fingerprint density at radius 3 is 2.84 bits per heavy atom. The molecule has 1 aromatic carbocycles. The van der Waals surface area contributed by atoms with Crippen LogP contribution in [0.2, 0.25) is 0 Å². The second-order valence-electron chi connectivity index (χ2n) is 4.93. The molecule has 1 atom stereocenters. The first-order valence-electron chi connectivity index (χ1n) is 6.55. The number of carbonyl (C=O) groups excluding carboxylic acids is 1. The summed E-state index contributed by atoms with van der Waals surface area (Å²) in [4.78, 5) is 11.6. The summed E-state index contributed by atoms with van der Waals surface area (Å²) in [5.41, 5.74) is 7.66. The Morgan fingerprint density at radius 1 is 1.47 bits per heavy atom. The first kappa shape index (κ1) is 16.1. The van der Waals surface area contributed by atoms with Gasteiger partial charge in [0.05, 0.1) is 6.61 Å². The van der Waals surface area contributed by atoms with Crippen LogP contribution in [0.15, 0.2) is 24.3 Å². The van der Waals surface area contributed by atoms with Gasteiger partial charge in [-0.3, -0.25) is 4.79 Å². The average molecular weight is 281 g/mol. The van der Waals surface area contributed by atoms with Gasteiger partial charge in [-0.25, -0.2) is 0 Å². The number of hydrogen-bond donors (Lipinski definition) is 1. The summed E-state index contributed by atoms with van der Waals surface area (Å²) in [5, 5.41) is 0. The molecular formula is C15H23NO2S. The molecule has 106 valence electrons. The van der Waals surface area contributed by atoms with Gasteiger partial charge in [-0.15, -0.1) is 0 Å². The molecule has 3 nitrogen and oxygen atoms in total. The van der Waals surface area contributed by atoms with E-state index < -0.39 is 5.54 Å². The molecule has 0 saturated carbocycles. The van der Waals surface area contributed by atoms with Crippen molar-refractivity contribution >= 4 is 17.7 Å². The van der Waals surface area contributed by atoms with Crippen molar-refractivity contribution in [1.29, 1.82) is 0 Å². The zero-order chi connectivity index (χ0) is 14.3. The second kappa shape index (κ2) is 7.56. The monoisotopic (exact) mass is 281 g/mol. The Bertz CT molecular complexity index is 418. The van der Waals surface area contributed by atoms with Crippen molar-refractivity contribution in [3.63, 3.8) is 0 Å². The van der Waals surface area contributed by atoms with Crippen LogP contribution in [-0.4, -0.2) is 23.9 Å². The standard InChI is InChI=1S/C15H23NO2S/c1-4-18-14(17)15(3,16)8-9-19-11-13-7-5-6-12(2)10-13/h5-7,10H,4,8-9,11,16H2,1-3H3. The summed E-state index contributed by atoms with van der Waals surface area (Å²) in [6.07, 6.45) is 0.627. The van der Waals surface area contributed by atoms with Crippen LogP contribution in [0.3, 0.4) is 0 Å². The zero-order valence-corrected chi connectivity index (χ0v) is 12.8. The summed E-state index contributed by atoms with van der Waals surface area (Å²) < 4.78 is 4.96. The van der Waals surface area contributed by atoms with E-state index in [0.717, 1.165) is 11.5 Å². The van der Waals surface area contributed by atoms with Crippen LogP contribution in [0.1, 0.15) is 31.4 Å². The van der Waals surface area contributed by atoms with Gasteiger partial charge in [0.25, 0.3) is 0 Å². The molecule has 0 aromatic heterocycles. The van der Waals surface area contributed by atoms with Gasteiger partial charge in [-0.1, -0.05) is 29.8 Å². The van der Waals surface area contributed by atoms with Crippen molar-refractivity contribution in [3.05, 3.63) is 35.4 Å². The molecule has 0 bridgehead atoms. The molecule has 1 rings (SSSR count). The molecule has 1 aromatic rings. The fourth-order valence-corrected chi connectivity index (χ4v) is 2.80. The lowest BCUT2D eigenvalue weighted by Gasteiger charge is -2.21. The predicted molar refractivity (Wildman–Crippen MR) is 81.2 cm³/mol. The van der Waals surface area contributed by atoms with E-state index in [9.17, 15) is 4.79 Å². The van der Waals surface area contributed by atoms with Gasteiger partial charge in [-0.2, -0.15) is 11.8 Å². The summed E-state index contributed by atoms with van der Waals surface area (Å²) >= 11 is 1.79. The largest absolute Gasteiger partial charge is 0.465 e. The zero-order valence-electron chi connectivity index (χ0n) is 11.9. The second-order valence-corrected chi connectivity index (χ2v) is 6.03. The molecule has 0 aliphatic rings. The predicted octanol–water partition coefficient (Wildman–Crippen LogP) is 2.90. The lowest BCUT2D eigenvalue weighted by molar-refractivity contribution is -0.149. The summed E-state index contributed by atoms with van der Waals surface area (Å²) in [5.74, 6) is 1.48. The van der Waals surface area contributed by atoms with E-state index >= 15 is 0 Å². The van der Waals surface area contributed by atoms with Crippen molar-refractivity contribution in [2.75, 3.05) is 12.4 Å². The molecule has 19 heavy (non-hydrogen) atoms. The number of rotatable bonds is 7. The fourth-order valence-electron chi connectivity index (χ4n) is 1.67. The Hall–Kier alpha value is -1.00. The van der Waals surface area contributed by atoms with E-state index in [1.165, 1.54) is 11.1 Å². The van der Waals surface area contributed by atoms with Crippen molar-refractivity contribution in [2.45, 2.75) is 38.5 Å². The highest BCUT2D eigenvalue weighted by Gasteiger charge is 2.29. The number of hydrogen-bond acceptors (Lipinski definition) is 4. The number of esters is 1. The number of benzene rings is 1. The highest BCUT2D eigenvalue weighted by molar-refractivity contribution is 7.98. The minimum absolute atomic E-state index is 0.314. The molecule has 4 heteroatoms. The molecule has 0 fully saturated rings. The Kier molecular flexibility index (Phi) is 6.38. The van der Waals surface area contributed by atoms with E-state index in [2.05, 4.69) is 31.2 Å². The van der Waals surface area contributed by atoms with Gasteiger partial charge in [0, 0.05) is 5.75 Å². The van der Waals surface area contributed by atoms with Crippen molar-refractivity contribution in [2.24, 2.45) is 5.73 Å². The third-order valence-electron chi connectivity index (χ3n) is 2.86. The Labute approximate surface area is 119 Å². The molecule has 0 saturated heterocycles. The normalized spacial score (nSPS) is 13.9. The lowest BCUT2D eigenvalue weighted by Crippen LogP contribution is -2.46. The summed E-state index contributed by atoms with van der Waals surface area (Å²) in [6, 6.07) is 8.45. The molecular weight excluding hydrogens is 258 g/mol. The van der Waals surface area contributed by atoms with Crippen LogP contribution in [-0.2, 0) is 15.3 Å². The number of ether oxygens (including phenoxy) is 1. The highest BCUT2D eigenvalue weighted by atomic mass is 32.2. The van der Waals surface area contributed by atoms with E-state index in [4.69, 9.17) is 10.5 Å². The van der Waals surface area contributed by atoms with Crippen LogP contribution in [0.4, 0.5) is 0 Å². The third kappa shape index (κ3) is 5.66. The van der Waals surface area contributed by atoms with E-state index in [1.54, 1.807) is 25.6 Å². The van der Waals surface area contributed by atoms with Gasteiger partial charge in [0.15, 0.2) is 0 Å². The molecule has 1 unspecified atom stereocenters. The van der Waals surface area contributed by atoms with Crippen molar-refractivity contribution in [3.8, 4) is 0 Å². The van der Waals surface area contributed by atoms with Gasteiger partial charge >= 0.3 is 5.97 Å². The molecule has 0 radical (unpaired) electrons. The van der Waals surface area contributed by atoms with Crippen molar-refractivity contribution < 1.29 is 9.53 Å². The molecule has 0 aliphatic heterocycles. The molecule has 0 spiro atoms.